The van der Waals surface area contributed by atoms with Gasteiger partial charge in [0.2, 0.25) is 0 Å². The number of aryl methyl sites for hydroxylation is 2. The van der Waals surface area contributed by atoms with Gasteiger partial charge in [0.1, 0.15) is 11.5 Å². The number of hydrogen-bond donors (Lipinski definition) is 0. The van der Waals surface area contributed by atoms with Gasteiger partial charge in [0, 0.05) is 11.8 Å². The maximum absolute atomic E-state index is 10.9. The molecule has 0 saturated heterocycles. The lowest BCUT2D eigenvalue weighted by Crippen LogP contribution is -2.01. The Hall–Kier alpha value is -1.75. The van der Waals surface area contributed by atoms with Gasteiger partial charge in [-0.3, -0.25) is 4.79 Å². The number of carbonyl (C=O) groups is 1. The zero-order valence-electron chi connectivity index (χ0n) is 9.51. The molecule has 0 aliphatic rings. The van der Waals surface area contributed by atoms with Crippen molar-refractivity contribution in [2.75, 3.05) is 0 Å². The molecule has 2 aromatic heterocycles. The summed E-state index contributed by atoms with van der Waals surface area (Å²) in [6.45, 7) is 3.77. The Morgan fingerprint density at radius 1 is 1.47 bits per heavy atom. The lowest BCUT2D eigenvalue weighted by Gasteiger charge is -2.01. The van der Waals surface area contributed by atoms with Crippen LogP contribution in [0.5, 0.6) is 0 Å². The van der Waals surface area contributed by atoms with Crippen LogP contribution < -0.4 is 0 Å². The second-order valence-electron chi connectivity index (χ2n) is 3.55. The van der Waals surface area contributed by atoms with Gasteiger partial charge in [0.15, 0.2) is 12.1 Å². The van der Waals surface area contributed by atoms with E-state index in [4.69, 9.17) is 11.6 Å². The van der Waals surface area contributed by atoms with E-state index in [2.05, 4.69) is 15.1 Å². The number of hydrogen-bond acceptors (Lipinski definition) is 4. The zero-order chi connectivity index (χ0) is 12.4. The molecule has 0 spiro atoms. The highest BCUT2D eigenvalue weighted by Crippen LogP contribution is 2.21. The van der Waals surface area contributed by atoms with Crippen LogP contribution in [0.4, 0.5) is 0 Å². The number of aromatic nitrogens is 4. The molecule has 6 heteroatoms. The van der Waals surface area contributed by atoms with Crippen molar-refractivity contribution < 1.29 is 4.79 Å². The van der Waals surface area contributed by atoms with Crippen LogP contribution in [-0.2, 0) is 6.42 Å². The van der Waals surface area contributed by atoms with E-state index in [0.717, 1.165) is 12.0 Å². The molecule has 0 aliphatic heterocycles. The SMILES string of the molecule is CCc1nn(-c2cc(C)ncn2)c(Cl)c1C=O. The molecule has 0 aromatic carbocycles. The van der Waals surface area contributed by atoms with E-state index in [1.807, 2.05) is 13.8 Å². The van der Waals surface area contributed by atoms with Crippen molar-refractivity contribution in [2.45, 2.75) is 20.3 Å². The molecule has 2 rings (SSSR count). The summed E-state index contributed by atoms with van der Waals surface area (Å²) < 4.78 is 1.46. The Morgan fingerprint density at radius 3 is 2.76 bits per heavy atom. The number of carbonyl (C=O) groups excluding carboxylic acids is 1. The predicted octanol–water partition coefficient (Wildman–Crippen LogP) is 2.00. The molecule has 0 atom stereocenters. The molecule has 2 heterocycles. The smallest absolute Gasteiger partial charge is 0.158 e. The third-order valence-corrected chi connectivity index (χ3v) is 2.76. The van der Waals surface area contributed by atoms with Gasteiger partial charge in [-0.1, -0.05) is 18.5 Å². The molecule has 5 nitrogen and oxygen atoms in total. The summed E-state index contributed by atoms with van der Waals surface area (Å²) in [6.07, 6.45) is 2.80. The van der Waals surface area contributed by atoms with Gasteiger partial charge in [-0.15, -0.1) is 0 Å². The van der Waals surface area contributed by atoms with E-state index >= 15 is 0 Å². The number of halogens is 1. The van der Waals surface area contributed by atoms with E-state index in [1.54, 1.807) is 6.07 Å². The number of nitrogens with zero attached hydrogens (tertiary/aromatic N) is 4. The number of rotatable bonds is 3. The number of aldehydes is 1. The molecule has 0 radical (unpaired) electrons. The zero-order valence-corrected chi connectivity index (χ0v) is 10.3. The highest BCUT2D eigenvalue weighted by atomic mass is 35.5. The first-order valence-electron chi connectivity index (χ1n) is 5.19. The fraction of sp³-hybridized carbons (Fsp3) is 0.273. The minimum Gasteiger partial charge on any atom is -0.298 e. The van der Waals surface area contributed by atoms with Crippen molar-refractivity contribution >= 4 is 17.9 Å². The predicted molar refractivity (Wildman–Crippen MR) is 63.7 cm³/mol. The van der Waals surface area contributed by atoms with Crippen LogP contribution in [0.25, 0.3) is 5.82 Å². The Morgan fingerprint density at radius 2 is 2.24 bits per heavy atom. The van der Waals surface area contributed by atoms with Gasteiger partial charge in [0.05, 0.1) is 11.3 Å². The van der Waals surface area contributed by atoms with Crippen LogP contribution in [0, 0.1) is 6.92 Å². The van der Waals surface area contributed by atoms with Crippen molar-refractivity contribution in [3.63, 3.8) is 0 Å². The molecule has 2 aromatic rings. The summed E-state index contributed by atoms with van der Waals surface area (Å²) in [4.78, 5) is 19.0. The molecule has 0 amide bonds. The summed E-state index contributed by atoms with van der Waals surface area (Å²) in [7, 11) is 0. The second kappa shape index (κ2) is 4.63. The molecular formula is C11H11ClN4O. The summed E-state index contributed by atoms with van der Waals surface area (Å²) in [5.74, 6) is 0.560. The maximum Gasteiger partial charge on any atom is 0.158 e. The Labute approximate surface area is 103 Å². The van der Waals surface area contributed by atoms with E-state index in [1.165, 1.54) is 11.0 Å². The molecular weight excluding hydrogens is 240 g/mol. The Balaban J connectivity index is 2.60. The molecule has 0 unspecified atom stereocenters. The summed E-state index contributed by atoms with van der Waals surface area (Å²) in [5, 5.41) is 4.56. The van der Waals surface area contributed by atoms with Crippen molar-refractivity contribution in [1.29, 1.82) is 0 Å². The average Bonchev–Trinajstić information content (AvgIpc) is 2.65. The fourth-order valence-electron chi connectivity index (χ4n) is 1.54. The van der Waals surface area contributed by atoms with Crippen LogP contribution >= 0.6 is 11.6 Å². The standard InChI is InChI=1S/C11H11ClN4O/c1-3-9-8(5-17)11(12)16(15-9)10-4-7(2)13-6-14-10/h4-6H,3H2,1-2H3. The van der Waals surface area contributed by atoms with E-state index in [9.17, 15) is 4.79 Å². The summed E-state index contributed by atoms with van der Waals surface area (Å²) in [6, 6.07) is 1.76. The van der Waals surface area contributed by atoms with Gasteiger partial charge >= 0.3 is 0 Å². The summed E-state index contributed by atoms with van der Waals surface area (Å²) in [5.41, 5.74) is 1.90. The molecule has 0 fully saturated rings. The Bertz CT molecular complexity index is 565. The quantitative estimate of drug-likeness (QED) is 0.782. The highest BCUT2D eigenvalue weighted by molar-refractivity contribution is 6.32. The van der Waals surface area contributed by atoms with Crippen LogP contribution in [0.2, 0.25) is 5.15 Å². The van der Waals surface area contributed by atoms with Crippen molar-refractivity contribution in [3.05, 3.63) is 34.5 Å². The minimum absolute atomic E-state index is 0.287. The van der Waals surface area contributed by atoms with Crippen LogP contribution in [0.3, 0.4) is 0 Å². The van der Waals surface area contributed by atoms with Crippen molar-refractivity contribution in [3.8, 4) is 5.82 Å². The Kier molecular flexibility index (Phi) is 3.19. The second-order valence-corrected chi connectivity index (χ2v) is 3.91. The third-order valence-electron chi connectivity index (χ3n) is 2.40. The molecule has 88 valence electrons. The molecule has 17 heavy (non-hydrogen) atoms. The minimum atomic E-state index is 0.287. The van der Waals surface area contributed by atoms with Crippen LogP contribution in [-0.4, -0.2) is 26.0 Å². The molecule has 0 N–H and O–H groups in total. The first kappa shape index (κ1) is 11.7. The van der Waals surface area contributed by atoms with Crippen molar-refractivity contribution in [1.82, 2.24) is 19.7 Å². The normalized spacial score (nSPS) is 10.5. The monoisotopic (exact) mass is 250 g/mol. The van der Waals surface area contributed by atoms with Gasteiger partial charge in [-0.25, -0.2) is 14.6 Å². The van der Waals surface area contributed by atoms with Gasteiger partial charge in [0.25, 0.3) is 0 Å². The fourth-order valence-corrected chi connectivity index (χ4v) is 1.82. The lowest BCUT2D eigenvalue weighted by molar-refractivity contribution is 0.112. The maximum atomic E-state index is 10.9. The van der Waals surface area contributed by atoms with Gasteiger partial charge in [-0.2, -0.15) is 5.10 Å². The van der Waals surface area contributed by atoms with Gasteiger partial charge < -0.3 is 0 Å². The van der Waals surface area contributed by atoms with E-state index in [0.29, 0.717) is 23.5 Å². The topological polar surface area (TPSA) is 60.7 Å². The van der Waals surface area contributed by atoms with Crippen molar-refractivity contribution in [2.24, 2.45) is 0 Å². The van der Waals surface area contributed by atoms with Crippen LogP contribution in [0.1, 0.15) is 28.7 Å². The van der Waals surface area contributed by atoms with E-state index in [-0.39, 0.29) is 5.15 Å². The first-order chi connectivity index (χ1) is 8.17. The largest absolute Gasteiger partial charge is 0.298 e. The highest BCUT2D eigenvalue weighted by Gasteiger charge is 2.16. The molecule has 0 saturated carbocycles. The average molecular weight is 251 g/mol. The van der Waals surface area contributed by atoms with Crippen LogP contribution in [0.15, 0.2) is 12.4 Å². The lowest BCUT2D eigenvalue weighted by atomic mass is 10.2. The van der Waals surface area contributed by atoms with E-state index < -0.39 is 0 Å². The molecule has 0 bridgehead atoms. The van der Waals surface area contributed by atoms with Gasteiger partial charge in [-0.05, 0) is 13.3 Å². The first-order valence-corrected chi connectivity index (χ1v) is 5.56. The molecule has 0 aliphatic carbocycles. The third kappa shape index (κ3) is 2.06. The summed E-state index contributed by atoms with van der Waals surface area (Å²) >= 11 is 6.10.